The summed E-state index contributed by atoms with van der Waals surface area (Å²) in [4.78, 5) is 37.7. The molecule has 1 atom stereocenters. The Morgan fingerprint density at radius 3 is 2.59 bits per heavy atom. The molecule has 4 rings (SSSR count). The summed E-state index contributed by atoms with van der Waals surface area (Å²) in [5, 5.41) is 11.7. The first-order chi connectivity index (χ1) is 17.6. The lowest BCUT2D eigenvalue weighted by Gasteiger charge is -2.29. The molecule has 1 unspecified atom stereocenters. The van der Waals surface area contributed by atoms with E-state index in [4.69, 9.17) is 21.1 Å². The molecule has 0 aliphatic carbocycles. The molecule has 1 fully saturated rings. The Kier molecular flexibility index (Phi) is 7.64. The van der Waals surface area contributed by atoms with Crippen LogP contribution < -0.4 is 14.8 Å². The van der Waals surface area contributed by atoms with E-state index in [1.807, 2.05) is 6.07 Å². The number of aryl methyl sites for hydroxylation is 1. The van der Waals surface area contributed by atoms with Crippen LogP contribution in [-0.2, 0) is 16.1 Å². The quantitative estimate of drug-likeness (QED) is 0.487. The van der Waals surface area contributed by atoms with Crippen LogP contribution in [-0.4, -0.2) is 47.8 Å². The molecular formula is C26H24ClF2N3O5. The van der Waals surface area contributed by atoms with E-state index in [0.717, 1.165) is 5.56 Å². The largest absolute Gasteiger partial charge is 0.493 e. The van der Waals surface area contributed by atoms with Crippen LogP contribution in [0.3, 0.4) is 0 Å². The number of carbonyl (C=O) groups excluding carboxylic acids is 3. The van der Waals surface area contributed by atoms with Gasteiger partial charge in [-0.05, 0) is 54.8 Å². The second kappa shape index (κ2) is 10.7. The maximum Gasteiger partial charge on any atom is 0.255 e. The molecule has 2 aromatic carbocycles. The lowest BCUT2D eigenvalue weighted by Crippen LogP contribution is -2.52. The Labute approximate surface area is 217 Å². The molecule has 1 N–H and O–H groups in total. The SMILES string of the molecule is Cc1cc(Cl)c(OCCC(F)(F)CCOc2ccc3c(c2)CN(C2CCC(=O)NC2=O)C3=O)c(C#N)c1. The van der Waals surface area contributed by atoms with Crippen molar-refractivity contribution in [3.8, 4) is 17.6 Å². The maximum atomic E-state index is 14.4. The van der Waals surface area contributed by atoms with Crippen LogP contribution in [0.15, 0.2) is 30.3 Å². The summed E-state index contributed by atoms with van der Waals surface area (Å²) in [6.45, 7) is 1.32. The standard InChI is InChI=1S/C26H24ClF2N3O5/c1-15-10-16(13-30)23(20(27)11-15)37-9-7-26(28,29)6-8-36-18-2-3-19-17(12-18)14-32(25(19)35)21-4-5-22(33)31-24(21)34/h2-3,10-12,21H,4-9,14H2,1H3,(H,31,33,34). The molecule has 194 valence electrons. The number of fused-ring (bicyclic) bond motifs is 1. The highest BCUT2D eigenvalue weighted by Gasteiger charge is 2.39. The molecule has 2 aliphatic rings. The lowest BCUT2D eigenvalue weighted by atomic mass is 10.0. The number of halogens is 3. The Morgan fingerprint density at radius 2 is 1.89 bits per heavy atom. The summed E-state index contributed by atoms with van der Waals surface area (Å²) in [7, 11) is 0. The zero-order chi connectivity index (χ0) is 26.7. The molecule has 3 amide bonds. The number of carbonyl (C=O) groups is 3. The molecule has 0 saturated carbocycles. The third-order valence-corrected chi connectivity index (χ3v) is 6.53. The van der Waals surface area contributed by atoms with Gasteiger partial charge in [-0.3, -0.25) is 19.7 Å². The van der Waals surface area contributed by atoms with Crippen LogP contribution in [0.1, 0.15) is 52.7 Å². The molecule has 11 heteroatoms. The van der Waals surface area contributed by atoms with Gasteiger partial charge in [0.1, 0.15) is 17.9 Å². The summed E-state index contributed by atoms with van der Waals surface area (Å²) >= 11 is 6.09. The Morgan fingerprint density at radius 1 is 1.16 bits per heavy atom. The van der Waals surface area contributed by atoms with Crippen LogP contribution in [0.2, 0.25) is 5.02 Å². The number of imide groups is 1. The first kappa shape index (κ1) is 26.4. The average Bonchev–Trinajstić information content (AvgIpc) is 3.15. The molecule has 1 saturated heterocycles. The normalized spacial score (nSPS) is 17.3. The third kappa shape index (κ3) is 6.00. The van der Waals surface area contributed by atoms with Gasteiger partial charge in [-0.1, -0.05) is 11.6 Å². The van der Waals surface area contributed by atoms with Crippen molar-refractivity contribution in [2.45, 2.75) is 51.1 Å². The van der Waals surface area contributed by atoms with Gasteiger partial charge >= 0.3 is 0 Å². The number of piperidine rings is 1. The number of rotatable bonds is 9. The number of amides is 3. The fraction of sp³-hybridized carbons (Fsp3) is 0.385. The number of nitriles is 1. The number of hydrogen-bond donors (Lipinski definition) is 1. The fourth-order valence-electron chi connectivity index (χ4n) is 4.34. The zero-order valence-corrected chi connectivity index (χ0v) is 20.7. The third-order valence-electron chi connectivity index (χ3n) is 6.25. The number of nitrogens with zero attached hydrogens (tertiary/aromatic N) is 2. The van der Waals surface area contributed by atoms with Crippen molar-refractivity contribution in [3.05, 3.63) is 57.6 Å². The van der Waals surface area contributed by atoms with E-state index in [1.54, 1.807) is 31.2 Å². The molecule has 0 aromatic heterocycles. The van der Waals surface area contributed by atoms with Gasteiger partial charge in [0.05, 0.1) is 23.8 Å². The number of ether oxygens (including phenoxy) is 2. The number of nitrogens with one attached hydrogen (secondary N) is 1. The van der Waals surface area contributed by atoms with Crippen molar-refractivity contribution < 1.29 is 32.6 Å². The van der Waals surface area contributed by atoms with Crippen LogP contribution in [0.25, 0.3) is 0 Å². The molecule has 37 heavy (non-hydrogen) atoms. The first-order valence-corrected chi connectivity index (χ1v) is 12.1. The molecular weight excluding hydrogens is 508 g/mol. The van der Waals surface area contributed by atoms with E-state index in [0.29, 0.717) is 16.9 Å². The van der Waals surface area contributed by atoms with E-state index in [1.165, 1.54) is 11.0 Å². The molecule has 2 aliphatic heterocycles. The highest BCUT2D eigenvalue weighted by Crippen LogP contribution is 2.32. The minimum absolute atomic E-state index is 0.0841. The summed E-state index contributed by atoms with van der Waals surface area (Å²) < 4.78 is 39.7. The van der Waals surface area contributed by atoms with Gasteiger partial charge in [-0.15, -0.1) is 0 Å². The summed E-state index contributed by atoms with van der Waals surface area (Å²) in [5.41, 5.74) is 1.97. The zero-order valence-electron chi connectivity index (χ0n) is 20.0. The lowest BCUT2D eigenvalue weighted by molar-refractivity contribution is -0.136. The number of alkyl halides is 2. The molecule has 2 heterocycles. The van der Waals surface area contributed by atoms with Gasteiger partial charge in [-0.2, -0.15) is 5.26 Å². The van der Waals surface area contributed by atoms with Gasteiger partial charge in [0.2, 0.25) is 11.8 Å². The average molecular weight is 532 g/mol. The van der Waals surface area contributed by atoms with Crippen molar-refractivity contribution >= 4 is 29.3 Å². The van der Waals surface area contributed by atoms with Gasteiger partial charge < -0.3 is 14.4 Å². The molecule has 0 spiro atoms. The van der Waals surface area contributed by atoms with E-state index < -0.39 is 30.7 Å². The molecule has 0 radical (unpaired) electrons. The van der Waals surface area contributed by atoms with Crippen molar-refractivity contribution in [1.29, 1.82) is 5.26 Å². The van der Waals surface area contributed by atoms with Gasteiger partial charge in [0.25, 0.3) is 11.8 Å². The second-order valence-corrected chi connectivity index (χ2v) is 9.41. The molecule has 0 bridgehead atoms. The predicted molar refractivity (Wildman–Crippen MR) is 129 cm³/mol. The van der Waals surface area contributed by atoms with Gasteiger partial charge in [-0.25, -0.2) is 8.78 Å². The topological polar surface area (TPSA) is 109 Å². The smallest absolute Gasteiger partial charge is 0.255 e. The Hall–Kier alpha value is -3.71. The summed E-state index contributed by atoms with van der Waals surface area (Å²) in [6, 6.07) is 9.05. The van der Waals surface area contributed by atoms with Crippen molar-refractivity contribution in [1.82, 2.24) is 10.2 Å². The number of hydrogen-bond acceptors (Lipinski definition) is 6. The van der Waals surface area contributed by atoms with Crippen LogP contribution >= 0.6 is 11.6 Å². The minimum Gasteiger partial charge on any atom is -0.493 e. The first-order valence-electron chi connectivity index (χ1n) is 11.7. The van der Waals surface area contributed by atoms with Crippen molar-refractivity contribution in [3.63, 3.8) is 0 Å². The van der Waals surface area contributed by atoms with Crippen LogP contribution in [0, 0.1) is 18.3 Å². The number of benzene rings is 2. The monoisotopic (exact) mass is 531 g/mol. The second-order valence-electron chi connectivity index (χ2n) is 9.01. The van der Waals surface area contributed by atoms with E-state index >= 15 is 0 Å². The van der Waals surface area contributed by atoms with Crippen molar-refractivity contribution in [2.24, 2.45) is 0 Å². The highest BCUT2D eigenvalue weighted by atomic mass is 35.5. The van der Waals surface area contributed by atoms with E-state index in [-0.39, 0.29) is 60.8 Å². The molecule has 8 nitrogen and oxygen atoms in total. The van der Waals surface area contributed by atoms with Crippen molar-refractivity contribution in [2.75, 3.05) is 13.2 Å². The van der Waals surface area contributed by atoms with Gasteiger partial charge in [0.15, 0.2) is 5.75 Å². The summed E-state index contributed by atoms with van der Waals surface area (Å²) in [6.07, 6.45) is -0.755. The van der Waals surface area contributed by atoms with Crippen LogP contribution in [0.4, 0.5) is 8.78 Å². The summed E-state index contributed by atoms with van der Waals surface area (Å²) in [5.74, 6) is -3.87. The predicted octanol–water partition coefficient (Wildman–Crippen LogP) is 4.15. The van der Waals surface area contributed by atoms with Gasteiger partial charge in [0, 0.05) is 31.4 Å². The van der Waals surface area contributed by atoms with E-state index in [9.17, 15) is 28.4 Å². The highest BCUT2D eigenvalue weighted by molar-refractivity contribution is 6.32. The minimum atomic E-state index is -3.08. The molecule has 2 aromatic rings. The van der Waals surface area contributed by atoms with Crippen LogP contribution in [0.5, 0.6) is 11.5 Å². The van der Waals surface area contributed by atoms with E-state index in [2.05, 4.69) is 5.32 Å². The Balaban J connectivity index is 1.28. The fourth-order valence-corrected chi connectivity index (χ4v) is 4.67. The Bertz CT molecular complexity index is 1290. The maximum absolute atomic E-state index is 14.4.